The van der Waals surface area contributed by atoms with E-state index in [9.17, 15) is 16.8 Å². The fourth-order valence-corrected chi connectivity index (χ4v) is 4.37. The molecule has 0 aliphatic carbocycles. The van der Waals surface area contributed by atoms with Crippen LogP contribution in [0.3, 0.4) is 0 Å². The van der Waals surface area contributed by atoms with Crippen LogP contribution in [0.15, 0.2) is 87.6 Å². The SMILES string of the molecule is Cc1ccc(S(=O)(=O)Oc2cc(S(=O)(=O)c3ccccc3)ccn2)cc1. The molecular weight excluding hydrogens is 374 g/mol. The number of hydrogen-bond donors (Lipinski definition) is 0. The molecule has 0 amide bonds. The van der Waals surface area contributed by atoms with E-state index in [2.05, 4.69) is 4.98 Å². The summed E-state index contributed by atoms with van der Waals surface area (Å²) in [5.74, 6) is -0.317. The maximum absolute atomic E-state index is 12.6. The monoisotopic (exact) mass is 389 g/mol. The smallest absolute Gasteiger partial charge is 0.340 e. The lowest BCUT2D eigenvalue weighted by Gasteiger charge is -2.08. The van der Waals surface area contributed by atoms with Gasteiger partial charge in [0.1, 0.15) is 4.90 Å². The van der Waals surface area contributed by atoms with Crippen molar-refractivity contribution in [1.29, 1.82) is 0 Å². The van der Waals surface area contributed by atoms with Gasteiger partial charge in [-0.15, -0.1) is 0 Å². The second kappa shape index (κ2) is 6.89. The van der Waals surface area contributed by atoms with Crippen LogP contribution in [0.5, 0.6) is 5.88 Å². The van der Waals surface area contributed by atoms with Gasteiger partial charge in [-0.3, -0.25) is 0 Å². The molecular formula is C18H15NO5S2. The average Bonchev–Trinajstić information content (AvgIpc) is 2.63. The first-order valence-corrected chi connectivity index (χ1v) is 10.5. The van der Waals surface area contributed by atoms with E-state index in [0.29, 0.717) is 0 Å². The highest BCUT2D eigenvalue weighted by atomic mass is 32.2. The standard InChI is InChI=1S/C18H15NO5S2/c1-14-7-9-16(10-8-14)26(22,23)24-18-13-17(11-12-19-18)25(20,21)15-5-3-2-4-6-15/h2-13H,1H3. The quantitative estimate of drug-likeness (QED) is 0.623. The van der Waals surface area contributed by atoms with Crippen LogP contribution in [-0.4, -0.2) is 21.8 Å². The molecule has 0 aliphatic rings. The number of nitrogens with zero attached hydrogens (tertiary/aromatic N) is 1. The molecule has 0 bridgehead atoms. The van der Waals surface area contributed by atoms with E-state index in [4.69, 9.17) is 4.18 Å². The summed E-state index contributed by atoms with van der Waals surface area (Å²) in [6.07, 6.45) is 1.19. The summed E-state index contributed by atoms with van der Waals surface area (Å²) in [5.41, 5.74) is 0.901. The van der Waals surface area contributed by atoms with Crippen LogP contribution in [0.2, 0.25) is 0 Å². The van der Waals surface area contributed by atoms with Gasteiger partial charge in [-0.1, -0.05) is 35.9 Å². The van der Waals surface area contributed by atoms with E-state index in [1.54, 1.807) is 30.3 Å². The normalized spacial score (nSPS) is 11.9. The molecule has 0 aliphatic heterocycles. The molecule has 0 radical (unpaired) electrons. The molecule has 0 unspecified atom stereocenters. The van der Waals surface area contributed by atoms with Gasteiger partial charge in [-0.2, -0.15) is 8.42 Å². The van der Waals surface area contributed by atoms with E-state index in [1.807, 2.05) is 6.92 Å². The second-order valence-electron chi connectivity index (χ2n) is 5.50. The van der Waals surface area contributed by atoms with Gasteiger partial charge >= 0.3 is 10.1 Å². The molecule has 2 aromatic carbocycles. The lowest BCUT2D eigenvalue weighted by atomic mass is 10.2. The number of aromatic nitrogens is 1. The lowest BCUT2D eigenvalue weighted by Crippen LogP contribution is -2.11. The Morgan fingerprint density at radius 1 is 0.769 bits per heavy atom. The molecule has 3 rings (SSSR count). The van der Waals surface area contributed by atoms with Crippen molar-refractivity contribution in [3.05, 3.63) is 78.5 Å². The van der Waals surface area contributed by atoms with Gasteiger partial charge in [0, 0.05) is 12.3 Å². The van der Waals surface area contributed by atoms with E-state index in [1.165, 1.54) is 36.5 Å². The van der Waals surface area contributed by atoms with Crippen molar-refractivity contribution in [2.75, 3.05) is 0 Å². The molecule has 0 saturated heterocycles. The summed E-state index contributed by atoms with van der Waals surface area (Å²) < 4.78 is 54.9. The molecule has 0 atom stereocenters. The van der Waals surface area contributed by atoms with Gasteiger partial charge in [0.2, 0.25) is 15.7 Å². The van der Waals surface area contributed by atoms with Crippen molar-refractivity contribution >= 4 is 20.0 Å². The Morgan fingerprint density at radius 2 is 1.42 bits per heavy atom. The molecule has 1 heterocycles. The lowest BCUT2D eigenvalue weighted by molar-refractivity contribution is 0.474. The number of pyridine rings is 1. The summed E-state index contributed by atoms with van der Waals surface area (Å²) in [6.45, 7) is 1.83. The Bertz CT molecular complexity index is 1120. The third-order valence-electron chi connectivity index (χ3n) is 3.57. The minimum atomic E-state index is -4.11. The van der Waals surface area contributed by atoms with Crippen molar-refractivity contribution in [3.8, 4) is 5.88 Å². The summed E-state index contributed by atoms with van der Waals surface area (Å²) in [5, 5.41) is 0. The Hall–Kier alpha value is -2.71. The number of benzene rings is 2. The minimum absolute atomic E-state index is 0.0405. The highest BCUT2D eigenvalue weighted by molar-refractivity contribution is 7.91. The molecule has 8 heteroatoms. The Morgan fingerprint density at radius 3 is 2.08 bits per heavy atom. The largest absolute Gasteiger partial charge is 0.358 e. The Balaban J connectivity index is 1.94. The van der Waals surface area contributed by atoms with E-state index < -0.39 is 20.0 Å². The van der Waals surface area contributed by atoms with Crippen LogP contribution >= 0.6 is 0 Å². The topological polar surface area (TPSA) is 90.4 Å². The zero-order chi connectivity index (χ0) is 18.8. The molecule has 26 heavy (non-hydrogen) atoms. The van der Waals surface area contributed by atoms with Crippen molar-refractivity contribution in [3.63, 3.8) is 0 Å². The van der Waals surface area contributed by atoms with Gasteiger partial charge in [-0.05, 0) is 37.3 Å². The third-order valence-corrected chi connectivity index (χ3v) is 6.58. The summed E-state index contributed by atoms with van der Waals surface area (Å²) in [4.78, 5) is 3.76. The molecule has 3 aromatic rings. The third kappa shape index (κ3) is 3.76. The predicted octanol–water partition coefficient (Wildman–Crippen LogP) is 2.99. The van der Waals surface area contributed by atoms with Crippen LogP contribution < -0.4 is 4.18 Å². The molecule has 134 valence electrons. The van der Waals surface area contributed by atoms with Gasteiger partial charge in [-0.25, -0.2) is 13.4 Å². The molecule has 6 nitrogen and oxygen atoms in total. The first-order chi connectivity index (χ1) is 12.3. The zero-order valence-corrected chi connectivity index (χ0v) is 15.4. The molecule has 0 fully saturated rings. The van der Waals surface area contributed by atoms with Crippen LogP contribution in [0, 0.1) is 6.92 Å². The van der Waals surface area contributed by atoms with Gasteiger partial charge in [0.05, 0.1) is 9.79 Å². The van der Waals surface area contributed by atoms with E-state index in [-0.39, 0.29) is 20.6 Å². The van der Waals surface area contributed by atoms with Gasteiger partial charge in [0.25, 0.3) is 0 Å². The summed E-state index contributed by atoms with van der Waals surface area (Å²) >= 11 is 0. The highest BCUT2D eigenvalue weighted by Gasteiger charge is 2.21. The van der Waals surface area contributed by atoms with Gasteiger partial charge < -0.3 is 4.18 Å². The zero-order valence-electron chi connectivity index (χ0n) is 13.7. The molecule has 0 spiro atoms. The number of hydrogen-bond acceptors (Lipinski definition) is 6. The number of aryl methyl sites for hydroxylation is 1. The van der Waals surface area contributed by atoms with Crippen molar-refractivity contribution < 1.29 is 21.0 Å². The van der Waals surface area contributed by atoms with Crippen LogP contribution in [0.1, 0.15) is 5.56 Å². The minimum Gasteiger partial charge on any atom is -0.358 e. The van der Waals surface area contributed by atoms with E-state index in [0.717, 1.165) is 11.6 Å². The summed E-state index contributed by atoms with van der Waals surface area (Å²) in [7, 11) is -7.92. The van der Waals surface area contributed by atoms with Crippen molar-refractivity contribution in [1.82, 2.24) is 4.98 Å². The maximum Gasteiger partial charge on any atom is 0.340 e. The second-order valence-corrected chi connectivity index (χ2v) is 8.99. The fourth-order valence-electron chi connectivity index (χ4n) is 2.21. The molecule has 1 aromatic heterocycles. The predicted molar refractivity (Wildman–Crippen MR) is 95.1 cm³/mol. The number of sulfone groups is 1. The van der Waals surface area contributed by atoms with E-state index >= 15 is 0 Å². The maximum atomic E-state index is 12.6. The van der Waals surface area contributed by atoms with Crippen LogP contribution in [0.4, 0.5) is 0 Å². The van der Waals surface area contributed by atoms with Gasteiger partial charge in [0.15, 0.2) is 0 Å². The summed E-state index contributed by atoms with van der Waals surface area (Å²) in [6, 6.07) is 16.3. The van der Waals surface area contributed by atoms with Crippen molar-refractivity contribution in [2.24, 2.45) is 0 Å². The fraction of sp³-hybridized carbons (Fsp3) is 0.0556. The first kappa shape index (κ1) is 18.1. The molecule has 0 N–H and O–H groups in total. The number of rotatable bonds is 5. The Kier molecular flexibility index (Phi) is 4.80. The first-order valence-electron chi connectivity index (χ1n) is 7.56. The van der Waals surface area contributed by atoms with Crippen molar-refractivity contribution in [2.45, 2.75) is 21.6 Å². The molecule has 0 saturated carbocycles. The average molecular weight is 389 g/mol. The Labute approximate surface area is 152 Å². The highest BCUT2D eigenvalue weighted by Crippen LogP contribution is 2.24. The van der Waals surface area contributed by atoms with Crippen LogP contribution in [0.25, 0.3) is 0 Å². The van der Waals surface area contributed by atoms with Crippen LogP contribution in [-0.2, 0) is 20.0 Å².